The fourth-order valence-electron chi connectivity index (χ4n) is 2.48. The first-order valence-corrected chi connectivity index (χ1v) is 8.06. The van der Waals surface area contributed by atoms with Crippen molar-refractivity contribution in [1.29, 1.82) is 0 Å². The molecule has 0 aliphatic heterocycles. The van der Waals surface area contributed by atoms with E-state index in [9.17, 15) is 9.59 Å². The van der Waals surface area contributed by atoms with Gasteiger partial charge in [-0.25, -0.2) is 0 Å². The molecule has 0 aliphatic rings. The van der Waals surface area contributed by atoms with Gasteiger partial charge in [-0.3, -0.25) is 9.59 Å². The van der Waals surface area contributed by atoms with Crippen LogP contribution in [-0.2, 0) is 9.59 Å². The van der Waals surface area contributed by atoms with Gasteiger partial charge in [0.25, 0.3) is 0 Å². The van der Waals surface area contributed by atoms with Gasteiger partial charge in [-0.1, -0.05) is 74.5 Å². The van der Waals surface area contributed by atoms with E-state index in [1.54, 1.807) is 0 Å². The zero-order valence-electron chi connectivity index (χ0n) is 14.1. The van der Waals surface area contributed by atoms with Gasteiger partial charge in [0.15, 0.2) is 0 Å². The predicted octanol–water partition coefficient (Wildman–Crippen LogP) is 4.53. The van der Waals surface area contributed by atoms with Gasteiger partial charge in [0, 0.05) is 0 Å². The SMILES string of the molecule is CC[C@@H](C(=O)O)c1ccccc1.CC[C@H](C(=O)O)c1ccccc1. The molecule has 4 nitrogen and oxygen atoms in total. The van der Waals surface area contributed by atoms with E-state index >= 15 is 0 Å². The van der Waals surface area contributed by atoms with Crippen LogP contribution in [0.3, 0.4) is 0 Å². The fourth-order valence-corrected chi connectivity index (χ4v) is 2.48. The summed E-state index contributed by atoms with van der Waals surface area (Å²) in [4.78, 5) is 21.5. The zero-order valence-corrected chi connectivity index (χ0v) is 14.1. The molecule has 2 aromatic rings. The molecule has 0 aliphatic carbocycles. The second-order valence-corrected chi connectivity index (χ2v) is 5.42. The minimum Gasteiger partial charge on any atom is -0.481 e. The Kier molecular flexibility index (Phi) is 8.26. The van der Waals surface area contributed by atoms with E-state index in [0.29, 0.717) is 12.8 Å². The summed E-state index contributed by atoms with van der Waals surface area (Å²) in [6, 6.07) is 18.6. The molecular formula is C20H24O4. The van der Waals surface area contributed by atoms with Crippen molar-refractivity contribution in [3.63, 3.8) is 0 Å². The number of aliphatic carboxylic acids is 2. The third-order valence-electron chi connectivity index (χ3n) is 3.82. The Bertz CT molecular complexity index is 565. The van der Waals surface area contributed by atoms with Crippen LogP contribution in [0.1, 0.15) is 49.7 Å². The lowest BCUT2D eigenvalue weighted by Crippen LogP contribution is -2.09. The van der Waals surface area contributed by atoms with Crippen LogP contribution < -0.4 is 0 Å². The highest BCUT2D eigenvalue weighted by Crippen LogP contribution is 2.19. The molecule has 24 heavy (non-hydrogen) atoms. The smallest absolute Gasteiger partial charge is 0.310 e. The number of hydrogen-bond acceptors (Lipinski definition) is 2. The maximum absolute atomic E-state index is 10.7. The van der Waals surface area contributed by atoms with Crippen LogP contribution in [0, 0.1) is 0 Å². The van der Waals surface area contributed by atoms with Gasteiger partial charge in [0.2, 0.25) is 0 Å². The molecule has 0 heterocycles. The normalized spacial score (nSPS) is 12.4. The van der Waals surface area contributed by atoms with Crippen LogP contribution in [0.2, 0.25) is 0 Å². The van der Waals surface area contributed by atoms with E-state index in [0.717, 1.165) is 11.1 Å². The molecule has 2 rings (SSSR count). The maximum atomic E-state index is 10.7. The van der Waals surface area contributed by atoms with Crippen molar-refractivity contribution in [3.8, 4) is 0 Å². The van der Waals surface area contributed by atoms with Gasteiger partial charge in [-0.2, -0.15) is 0 Å². The Hall–Kier alpha value is -2.62. The van der Waals surface area contributed by atoms with Crippen LogP contribution in [-0.4, -0.2) is 22.2 Å². The quantitative estimate of drug-likeness (QED) is 0.817. The number of hydrogen-bond donors (Lipinski definition) is 2. The summed E-state index contributed by atoms with van der Waals surface area (Å²) >= 11 is 0. The lowest BCUT2D eigenvalue weighted by molar-refractivity contribution is -0.139. The molecule has 128 valence electrons. The van der Waals surface area contributed by atoms with Crippen molar-refractivity contribution in [2.24, 2.45) is 0 Å². The molecule has 0 spiro atoms. The molecule has 2 N–H and O–H groups in total. The van der Waals surface area contributed by atoms with Crippen molar-refractivity contribution in [1.82, 2.24) is 0 Å². The standard InChI is InChI=1S/2C10H12O2/c2*1-2-9(10(11)12)8-6-4-3-5-7-8/h2*3-7,9H,2H2,1H3,(H,11,12)/t2*9-/m10/s1. The molecule has 4 heteroatoms. The molecule has 0 unspecified atom stereocenters. The van der Waals surface area contributed by atoms with Crippen molar-refractivity contribution < 1.29 is 19.8 Å². The Morgan fingerprint density at radius 3 is 1.21 bits per heavy atom. The van der Waals surface area contributed by atoms with Gasteiger partial charge in [0.1, 0.15) is 0 Å². The first kappa shape index (κ1) is 19.4. The number of carboxylic acids is 2. The summed E-state index contributed by atoms with van der Waals surface area (Å²) in [6.45, 7) is 3.76. The van der Waals surface area contributed by atoms with Gasteiger partial charge in [-0.15, -0.1) is 0 Å². The second-order valence-electron chi connectivity index (χ2n) is 5.42. The molecule has 0 saturated heterocycles. The van der Waals surface area contributed by atoms with E-state index in [2.05, 4.69) is 0 Å². The van der Waals surface area contributed by atoms with E-state index in [1.165, 1.54) is 0 Å². The topological polar surface area (TPSA) is 74.6 Å². The van der Waals surface area contributed by atoms with Crippen molar-refractivity contribution in [2.45, 2.75) is 38.5 Å². The highest BCUT2D eigenvalue weighted by atomic mass is 16.4. The largest absolute Gasteiger partial charge is 0.481 e. The summed E-state index contributed by atoms with van der Waals surface area (Å²) in [7, 11) is 0. The Morgan fingerprint density at radius 1 is 0.708 bits per heavy atom. The number of rotatable bonds is 6. The molecule has 0 fully saturated rings. The van der Waals surface area contributed by atoms with E-state index in [1.807, 2.05) is 74.5 Å². The minimum absolute atomic E-state index is 0.355. The highest BCUT2D eigenvalue weighted by molar-refractivity contribution is 5.76. The van der Waals surface area contributed by atoms with Crippen molar-refractivity contribution in [2.75, 3.05) is 0 Å². The molecule has 0 aromatic heterocycles. The average Bonchev–Trinajstić information content (AvgIpc) is 2.58. The first-order valence-electron chi connectivity index (χ1n) is 8.06. The predicted molar refractivity (Wildman–Crippen MR) is 94.2 cm³/mol. The molecule has 0 amide bonds. The minimum atomic E-state index is -0.747. The van der Waals surface area contributed by atoms with Crippen LogP contribution >= 0.6 is 0 Å². The second kappa shape index (κ2) is 10.2. The number of carbonyl (C=O) groups is 2. The van der Waals surface area contributed by atoms with E-state index < -0.39 is 11.9 Å². The third kappa shape index (κ3) is 5.88. The highest BCUT2D eigenvalue weighted by Gasteiger charge is 2.16. The van der Waals surface area contributed by atoms with Gasteiger partial charge >= 0.3 is 11.9 Å². The van der Waals surface area contributed by atoms with Crippen LogP contribution in [0.25, 0.3) is 0 Å². The van der Waals surface area contributed by atoms with E-state index in [4.69, 9.17) is 10.2 Å². The summed E-state index contributed by atoms with van der Waals surface area (Å²) in [5, 5.41) is 17.7. The summed E-state index contributed by atoms with van der Waals surface area (Å²) < 4.78 is 0. The van der Waals surface area contributed by atoms with Gasteiger partial charge in [0.05, 0.1) is 11.8 Å². The van der Waals surface area contributed by atoms with E-state index in [-0.39, 0.29) is 11.8 Å². The molecule has 0 bridgehead atoms. The zero-order chi connectivity index (χ0) is 17.9. The third-order valence-corrected chi connectivity index (χ3v) is 3.82. The molecule has 0 radical (unpaired) electrons. The summed E-state index contributed by atoms with van der Waals surface area (Å²) in [6.07, 6.45) is 1.28. The van der Waals surface area contributed by atoms with Gasteiger partial charge in [-0.05, 0) is 24.0 Å². The first-order chi connectivity index (χ1) is 11.5. The Balaban J connectivity index is 0.000000240. The lowest BCUT2D eigenvalue weighted by Gasteiger charge is -2.08. The van der Waals surface area contributed by atoms with Crippen LogP contribution in [0.4, 0.5) is 0 Å². The Labute approximate surface area is 142 Å². The fraction of sp³-hybridized carbons (Fsp3) is 0.300. The van der Waals surface area contributed by atoms with Crippen LogP contribution in [0.15, 0.2) is 60.7 Å². The number of benzene rings is 2. The molecule has 2 atom stereocenters. The molecular weight excluding hydrogens is 304 g/mol. The monoisotopic (exact) mass is 328 g/mol. The maximum Gasteiger partial charge on any atom is 0.310 e. The average molecular weight is 328 g/mol. The van der Waals surface area contributed by atoms with Crippen molar-refractivity contribution >= 4 is 11.9 Å². The number of carboxylic acid groups (broad SMARTS) is 2. The van der Waals surface area contributed by atoms with Crippen molar-refractivity contribution in [3.05, 3.63) is 71.8 Å². The summed E-state index contributed by atoms with van der Waals surface area (Å²) in [5.41, 5.74) is 1.76. The van der Waals surface area contributed by atoms with Crippen LogP contribution in [0.5, 0.6) is 0 Å². The summed E-state index contributed by atoms with van der Waals surface area (Å²) in [5.74, 6) is -2.20. The lowest BCUT2D eigenvalue weighted by atomic mass is 9.97. The Morgan fingerprint density at radius 2 is 1.00 bits per heavy atom. The molecule has 2 aromatic carbocycles. The molecule has 0 saturated carbocycles. The van der Waals surface area contributed by atoms with Gasteiger partial charge < -0.3 is 10.2 Å².